The SMILES string of the molecule is Cc1cccnc1CNc1cc(C#N)ccc1N. The Bertz CT molecular complexity index is 599. The molecule has 2 rings (SSSR count). The Kier molecular flexibility index (Phi) is 3.44. The molecule has 1 aromatic carbocycles. The van der Waals surface area contributed by atoms with E-state index < -0.39 is 0 Å². The minimum absolute atomic E-state index is 0.587. The molecule has 3 N–H and O–H groups in total. The zero-order chi connectivity index (χ0) is 13.0. The van der Waals surface area contributed by atoms with E-state index >= 15 is 0 Å². The number of nitriles is 1. The van der Waals surface area contributed by atoms with Gasteiger partial charge in [0.2, 0.25) is 0 Å². The first kappa shape index (κ1) is 11.9. The fourth-order valence-electron chi connectivity index (χ4n) is 1.66. The van der Waals surface area contributed by atoms with Gasteiger partial charge in [0.25, 0.3) is 0 Å². The minimum atomic E-state index is 0.587. The zero-order valence-electron chi connectivity index (χ0n) is 10.1. The molecular formula is C14H14N4. The number of aromatic nitrogens is 1. The number of hydrogen-bond acceptors (Lipinski definition) is 4. The fourth-order valence-corrected chi connectivity index (χ4v) is 1.66. The second-order valence-corrected chi connectivity index (χ2v) is 4.03. The van der Waals surface area contributed by atoms with Crippen LogP contribution in [-0.2, 0) is 6.54 Å². The predicted octanol–water partition coefficient (Wildman–Crippen LogP) is 2.46. The highest BCUT2D eigenvalue weighted by Crippen LogP contribution is 2.20. The van der Waals surface area contributed by atoms with E-state index in [-0.39, 0.29) is 0 Å². The van der Waals surface area contributed by atoms with Gasteiger partial charge in [0, 0.05) is 6.20 Å². The van der Waals surface area contributed by atoms with E-state index in [9.17, 15) is 0 Å². The van der Waals surface area contributed by atoms with Crippen LogP contribution in [0.2, 0.25) is 0 Å². The standard InChI is InChI=1S/C14H14N4/c1-10-3-2-6-17-14(10)9-18-13-7-11(8-15)4-5-12(13)16/h2-7,18H,9,16H2,1H3. The van der Waals surface area contributed by atoms with E-state index in [0.717, 1.165) is 16.9 Å². The van der Waals surface area contributed by atoms with E-state index in [0.29, 0.717) is 17.8 Å². The highest BCUT2D eigenvalue weighted by molar-refractivity contribution is 5.68. The van der Waals surface area contributed by atoms with Crippen molar-refractivity contribution in [3.63, 3.8) is 0 Å². The van der Waals surface area contributed by atoms with Crippen LogP contribution in [-0.4, -0.2) is 4.98 Å². The molecule has 1 heterocycles. The zero-order valence-corrected chi connectivity index (χ0v) is 10.1. The van der Waals surface area contributed by atoms with Gasteiger partial charge in [-0.1, -0.05) is 6.07 Å². The van der Waals surface area contributed by atoms with Gasteiger partial charge in [-0.2, -0.15) is 5.26 Å². The molecule has 0 aliphatic carbocycles. The molecule has 0 radical (unpaired) electrons. The molecule has 0 aliphatic rings. The second kappa shape index (κ2) is 5.19. The van der Waals surface area contributed by atoms with Gasteiger partial charge in [-0.3, -0.25) is 4.98 Å². The van der Waals surface area contributed by atoms with Crippen LogP contribution < -0.4 is 11.1 Å². The van der Waals surface area contributed by atoms with Crippen LogP contribution in [0.5, 0.6) is 0 Å². The Labute approximate surface area is 106 Å². The lowest BCUT2D eigenvalue weighted by Gasteiger charge is -2.10. The summed E-state index contributed by atoms with van der Waals surface area (Å²) in [7, 11) is 0. The van der Waals surface area contributed by atoms with Gasteiger partial charge >= 0.3 is 0 Å². The lowest BCUT2D eigenvalue weighted by atomic mass is 10.1. The Morgan fingerprint density at radius 2 is 2.22 bits per heavy atom. The lowest BCUT2D eigenvalue weighted by Crippen LogP contribution is -2.05. The van der Waals surface area contributed by atoms with Gasteiger partial charge < -0.3 is 11.1 Å². The van der Waals surface area contributed by atoms with Gasteiger partial charge in [0.15, 0.2) is 0 Å². The first-order chi connectivity index (χ1) is 8.70. The molecule has 0 fully saturated rings. The van der Waals surface area contributed by atoms with Crippen LogP contribution in [0.3, 0.4) is 0 Å². The quantitative estimate of drug-likeness (QED) is 0.805. The molecule has 0 bridgehead atoms. The van der Waals surface area contributed by atoms with Crippen molar-refractivity contribution in [1.82, 2.24) is 4.98 Å². The number of nitrogen functional groups attached to an aromatic ring is 1. The molecule has 0 amide bonds. The van der Waals surface area contributed by atoms with Crippen LogP contribution in [0.15, 0.2) is 36.5 Å². The van der Waals surface area contributed by atoms with E-state index in [1.807, 2.05) is 19.1 Å². The van der Waals surface area contributed by atoms with Crippen molar-refractivity contribution in [2.45, 2.75) is 13.5 Å². The summed E-state index contributed by atoms with van der Waals surface area (Å²) in [6.45, 7) is 2.60. The molecule has 2 aromatic rings. The van der Waals surface area contributed by atoms with Crippen LogP contribution in [0.1, 0.15) is 16.8 Å². The highest BCUT2D eigenvalue weighted by Gasteiger charge is 2.03. The Hall–Kier alpha value is -2.54. The number of anilines is 2. The van der Waals surface area contributed by atoms with Gasteiger partial charge in [-0.25, -0.2) is 0 Å². The summed E-state index contributed by atoms with van der Waals surface area (Å²) >= 11 is 0. The number of rotatable bonds is 3. The normalized spacial score (nSPS) is 9.78. The smallest absolute Gasteiger partial charge is 0.0992 e. The van der Waals surface area contributed by atoms with Crippen molar-refractivity contribution in [3.05, 3.63) is 53.3 Å². The van der Waals surface area contributed by atoms with Crippen LogP contribution in [0, 0.1) is 18.3 Å². The summed E-state index contributed by atoms with van der Waals surface area (Å²) in [4.78, 5) is 4.30. The average molecular weight is 238 g/mol. The first-order valence-electron chi connectivity index (χ1n) is 5.64. The summed E-state index contributed by atoms with van der Waals surface area (Å²) in [5.41, 5.74) is 9.93. The number of nitrogens with zero attached hydrogens (tertiary/aromatic N) is 2. The van der Waals surface area contributed by atoms with Crippen molar-refractivity contribution in [1.29, 1.82) is 5.26 Å². The van der Waals surface area contributed by atoms with Gasteiger partial charge in [-0.05, 0) is 36.8 Å². The molecular weight excluding hydrogens is 224 g/mol. The highest BCUT2D eigenvalue weighted by atomic mass is 14.9. The lowest BCUT2D eigenvalue weighted by molar-refractivity contribution is 1.02. The topological polar surface area (TPSA) is 74.7 Å². The molecule has 0 unspecified atom stereocenters. The molecule has 0 saturated heterocycles. The predicted molar refractivity (Wildman–Crippen MR) is 71.9 cm³/mol. The Morgan fingerprint density at radius 1 is 1.39 bits per heavy atom. The van der Waals surface area contributed by atoms with E-state index in [4.69, 9.17) is 11.0 Å². The first-order valence-corrected chi connectivity index (χ1v) is 5.64. The largest absolute Gasteiger partial charge is 0.397 e. The third kappa shape index (κ3) is 2.58. The molecule has 0 atom stereocenters. The molecule has 18 heavy (non-hydrogen) atoms. The molecule has 4 heteroatoms. The van der Waals surface area contributed by atoms with Crippen molar-refractivity contribution in [3.8, 4) is 6.07 Å². The average Bonchev–Trinajstić information content (AvgIpc) is 2.39. The summed E-state index contributed by atoms with van der Waals surface area (Å²) in [5.74, 6) is 0. The summed E-state index contributed by atoms with van der Waals surface area (Å²) < 4.78 is 0. The summed E-state index contributed by atoms with van der Waals surface area (Å²) in [6.07, 6.45) is 1.76. The molecule has 0 aliphatic heterocycles. The third-order valence-electron chi connectivity index (χ3n) is 2.75. The number of hydrogen-bond donors (Lipinski definition) is 2. The number of pyridine rings is 1. The number of nitrogens with two attached hydrogens (primary N) is 1. The van der Waals surface area contributed by atoms with E-state index in [1.165, 1.54) is 0 Å². The second-order valence-electron chi connectivity index (χ2n) is 4.03. The third-order valence-corrected chi connectivity index (χ3v) is 2.75. The van der Waals surface area contributed by atoms with Crippen molar-refractivity contribution < 1.29 is 0 Å². The molecule has 0 spiro atoms. The number of aryl methyl sites for hydroxylation is 1. The number of nitrogens with one attached hydrogen (secondary N) is 1. The van der Waals surface area contributed by atoms with Crippen LogP contribution in [0.4, 0.5) is 11.4 Å². The Morgan fingerprint density at radius 3 is 2.94 bits per heavy atom. The van der Waals surface area contributed by atoms with Crippen molar-refractivity contribution >= 4 is 11.4 Å². The number of benzene rings is 1. The molecule has 1 aromatic heterocycles. The van der Waals surface area contributed by atoms with Crippen molar-refractivity contribution in [2.75, 3.05) is 11.1 Å². The maximum absolute atomic E-state index is 8.85. The maximum Gasteiger partial charge on any atom is 0.0992 e. The molecule has 90 valence electrons. The van der Waals surface area contributed by atoms with Gasteiger partial charge in [0.1, 0.15) is 0 Å². The minimum Gasteiger partial charge on any atom is -0.397 e. The fraction of sp³-hybridized carbons (Fsp3) is 0.143. The van der Waals surface area contributed by atoms with Gasteiger partial charge in [0.05, 0.1) is 35.2 Å². The summed E-state index contributed by atoms with van der Waals surface area (Å²) in [5, 5.41) is 12.1. The van der Waals surface area contributed by atoms with Crippen molar-refractivity contribution in [2.24, 2.45) is 0 Å². The maximum atomic E-state index is 8.85. The van der Waals surface area contributed by atoms with Crippen LogP contribution >= 0.6 is 0 Å². The summed E-state index contributed by atoms with van der Waals surface area (Å²) in [6, 6.07) is 11.2. The van der Waals surface area contributed by atoms with Gasteiger partial charge in [-0.15, -0.1) is 0 Å². The van der Waals surface area contributed by atoms with Crippen LogP contribution in [0.25, 0.3) is 0 Å². The molecule has 0 saturated carbocycles. The monoisotopic (exact) mass is 238 g/mol. The van der Waals surface area contributed by atoms with E-state index in [1.54, 1.807) is 24.4 Å². The Balaban J connectivity index is 2.16. The molecule has 4 nitrogen and oxygen atoms in total. The van der Waals surface area contributed by atoms with E-state index in [2.05, 4.69) is 16.4 Å².